The van der Waals surface area contributed by atoms with Crippen LogP contribution < -0.4 is 0 Å². The summed E-state index contributed by atoms with van der Waals surface area (Å²) in [5.74, 6) is 0.0198. The first kappa shape index (κ1) is 12.0. The van der Waals surface area contributed by atoms with Gasteiger partial charge in [-0.05, 0) is 30.3 Å². The number of rotatable bonds is 2. The van der Waals surface area contributed by atoms with Crippen LogP contribution in [0.5, 0.6) is 5.75 Å². The summed E-state index contributed by atoms with van der Waals surface area (Å²) in [5.41, 5.74) is 2.73. The van der Waals surface area contributed by atoms with Crippen molar-refractivity contribution in [3.8, 4) is 5.75 Å². The van der Waals surface area contributed by atoms with Gasteiger partial charge in [0.15, 0.2) is 0 Å². The smallest absolute Gasteiger partial charge is 0.134 e. The van der Waals surface area contributed by atoms with E-state index in [9.17, 15) is 5.11 Å². The number of nitrogens with zero attached hydrogens (tertiary/aromatic N) is 4. The average Bonchev–Trinajstić information content (AvgIpc) is 2.89. The molecule has 19 heavy (non-hydrogen) atoms. The van der Waals surface area contributed by atoms with Gasteiger partial charge in [-0.3, -0.25) is 0 Å². The average molecular weight is 291 g/mol. The van der Waals surface area contributed by atoms with Crippen LogP contribution in [0.25, 0.3) is 11.0 Å². The van der Waals surface area contributed by atoms with E-state index in [-0.39, 0.29) is 10.8 Å². The van der Waals surface area contributed by atoms with E-state index in [0.29, 0.717) is 11.4 Å². The lowest BCUT2D eigenvalue weighted by Gasteiger charge is -1.97. The highest BCUT2D eigenvalue weighted by molar-refractivity contribution is 7.00. The molecule has 3 rings (SSSR count). The zero-order valence-electron chi connectivity index (χ0n) is 9.49. The number of phenols is 1. The molecule has 1 heterocycles. The Kier molecular flexibility index (Phi) is 3.10. The number of fused-ring (bicyclic) bond motifs is 1. The molecule has 0 atom stereocenters. The molecular weight excluding hydrogens is 284 g/mol. The van der Waals surface area contributed by atoms with Crippen molar-refractivity contribution in [3.63, 3.8) is 0 Å². The van der Waals surface area contributed by atoms with Crippen molar-refractivity contribution >= 4 is 45.7 Å². The van der Waals surface area contributed by atoms with Gasteiger partial charge in [0.2, 0.25) is 0 Å². The van der Waals surface area contributed by atoms with E-state index in [2.05, 4.69) is 19.0 Å². The number of hydrogen-bond donors (Lipinski definition) is 1. The molecule has 0 bridgehead atoms. The van der Waals surface area contributed by atoms with Crippen LogP contribution in [0, 0.1) is 0 Å². The molecule has 0 radical (unpaired) electrons. The standard InChI is InChI=1S/C12H7ClN4OS/c13-8-6-7(4-5-11(8)18)14-15-9-2-1-3-10-12(9)17-19-16-10/h1-6,18H. The molecule has 0 saturated carbocycles. The number of halogens is 1. The number of aromatic nitrogens is 2. The van der Waals surface area contributed by atoms with Gasteiger partial charge >= 0.3 is 0 Å². The number of benzene rings is 2. The molecular formula is C12H7ClN4OS. The molecule has 5 nitrogen and oxygen atoms in total. The molecule has 0 fully saturated rings. The molecule has 0 aliphatic carbocycles. The Balaban J connectivity index is 1.98. The van der Waals surface area contributed by atoms with Gasteiger partial charge in [-0.1, -0.05) is 17.7 Å². The summed E-state index contributed by atoms with van der Waals surface area (Å²) in [4.78, 5) is 0. The van der Waals surface area contributed by atoms with E-state index >= 15 is 0 Å². The molecule has 3 aromatic rings. The van der Waals surface area contributed by atoms with Crippen molar-refractivity contribution in [1.29, 1.82) is 0 Å². The summed E-state index contributed by atoms with van der Waals surface area (Å²) in [6.45, 7) is 0. The summed E-state index contributed by atoms with van der Waals surface area (Å²) in [7, 11) is 0. The van der Waals surface area contributed by atoms with Gasteiger partial charge < -0.3 is 5.11 Å². The zero-order chi connectivity index (χ0) is 13.2. The predicted octanol–water partition coefficient (Wildman–Crippen LogP) is 4.47. The summed E-state index contributed by atoms with van der Waals surface area (Å²) in [6.07, 6.45) is 0. The molecule has 94 valence electrons. The quantitative estimate of drug-likeness (QED) is 0.708. The topological polar surface area (TPSA) is 70.7 Å². The minimum absolute atomic E-state index is 0.0198. The third-order valence-corrected chi connectivity index (χ3v) is 3.31. The molecule has 1 N–H and O–H groups in total. The molecule has 0 amide bonds. The molecule has 0 spiro atoms. The van der Waals surface area contributed by atoms with Gasteiger partial charge in [0, 0.05) is 0 Å². The maximum atomic E-state index is 9.32. The Hall–Kier alpha value is -2.05. The fourth-order valence-corrected chi connectivity index (χ4v) is 2.26. The van der Waals surface area contributed by atoms with E-state index in [0.717, 1.165) is 22.8 Å². The van der Waals surface area contributed by atoms with Crippen molar-refractivity contribution in [2.75, 3.05) is 0 Å². The van der Waals surface area contributed by atoms with Crippen LogP contribution in [-0.2, 0) is 0 Å². The van der Waals surface area contributed by atoms with Crippen molar-refractivity contribution in [1.82, 2.24) is 8.75 Å². The Morgan fingerprint density at radius 2 is 2.00 bits per heavy atom. The maximum Gasteiger partial charge on any atom is 0.134 e. The highest BCUT2D eigenvalue weighted by Crippen LogP contribution is 2.30. The zero-order valence-corrected chi connectivity index (χ0v) is 11.1. The summed E-state index contributed by atoms with van der Waals surface area (Å²) in [5, 5.41) is 17.8. The fourth-order valence-electron chi connectivity index (χ4n) is 1.54. The highest BCUT2D eigenvalue weighted by atomic mass is 35.5. The lowest BCUT2D eigenvalue weighted by Crippen LogP contribution is -1.71. The van der Waals surface area contributed by atoms with Gasteiger partial charge in [-0.2, -0.15) is 13.9 Å². The SMILES string of the molecule is Oc1ccc(N=Nc2cccc3nsnc23)cc1Cl. The van der Waals surface area contributed by atoms with Crippen LogP contribution in [0.3, 0.4) is 0 Å². The van der Waals surface area contributed by atoms with Crippen LogP contribution in [-0.4, -0.2) is 13.9 Å². The fraction of sp³-hybridized carbons (Fsp3) is 0. The minimum Gasteiger partial charge on any atom is -0.506 e. The number of aromatic hydroxyl groups is 1. The summed E-state index contributed by atoms with van der Waals surface area (Å²) >= 11 is 6.94. The second-order valence-corrected chi connectivity index (χ2v) is 4.68. The van der Waals surface area contributed by atoms with Crippen molar-refractivity contribution in [3.05, 3.63) is 41.4 Å². The van der Waals surface area contributed by atoms with E-state index in [1.807, 2.05) is 18.2 Å². The van der Waals surface area contributed by atoms with E-state index < -0.39 is 0 Å². The van der Waals surface area contributed by atoms with Crippen LogP contribution in [0.2, 0.25) is 5.02 Å². The van der Waals surface area contributed by atoms with Gasteiger partial charge in [-0.15, -0.1) is 5.11 Å². The van der Waals surface area contributed by atoms with Gasteiger partial charge in [-0.25, -0.2) is 0 Å². The lowest BCUT2D eigenvalue weighted by molar-refractivity contribution is 0.475. The Morgan fingerprint density at radius 1 is 1.11 bits per heavy atom. The summed E-state index contributed by atoms with van der Waals surface area (Å²) < 4.78 is 8.31. The van der Waals surface area contributed by atoms with E-state index in [4.69, 9.17) is 11.6 Å². The Labute approximate surface area is 117 Å². The number of hydrogen-bond acceptors (Lipinski definition) is 6. The van der Waals surface area contributed by atoms with E-state index in [1.54, 1.807) is 12.1 Å². The molecule has 1 aromatic heterocycles. The number of phenolic OH excluding ortho intramolecular Hbond substituents is 1. The largest absolute Gasteiger partial charge is 0.506 e. The van der Waals surface area contributed by atoms with Crippen LogP contribution in [0.4, 0.5) is 11.4 Å². The monoisotopic (exact) mass is 290 g/mol. The van der Waals surface area contributed by atoms with Gasteiger partial charge in [0.1, 0.15) is 22.5 Å². The predicted molar refractivity (Wildman–Crippen MR) is 74.7 cm³/mol. The molecule has 0 aliphatic heterocycles. The molecule has 0 aliphatic rings. The summed E-state index contributed by atoms with van der Waals surface area (Å²) in [6, 6.07) is 10.2. The third kappa shape index (κ3) is 2.40. The van der Waals surface area contributed by atoms with Crippen molar-refractivity contribution < 1.29 is 5.11 Å². The van der Waals surface area contributed by atoms with Gasteiger partial charge in [0.25, 0.3) is 0 Å². The van der Waals surface area contributed by atoms with E-state index in [1.165, 1.54) is 6.07 Å². The normalized spacial score (nSPS) is 11.4. The third-order valence-electron chi connectivity index (χ3n) is 2.47. The second-order valence-electron chi connectivity index (χ2n) is 3.74. The second kappa shape index (κ2) is 4.91. The molecule has 0 saturated heterocycles. The van der Waals surface area contributed by atoms with Crippen LogP contribution in [0.1, 0.15) is 0 Å². The first-order valence-electron chi connectivity index (χ1n) is 5.35. The molecule has 0 unspecified atom stereocenters. The number of azo groups is 1. The first-order chi connectivity index (χ1) is 9.24. The molecule has 2 aromatic carbocycles. The van der Waals surface area contributed by atoms with Crippen LogP contribution in [0.15, 0.2) is 46.6 Å². The first-order valence-corrected chi connectivity index (χ1v) is 6.46. The van der Waals surface area contributed by atoms with Crippen LogP contribution >= 0.6 is 23.3 Å². The van der Waals surface area contributed by atoms with Gasteiger partial charge in [0.05, 0.1) is 22.4 Å². The minimum atomic E-state index is 0.0198. The maximum absolute atomic E-state index is 9.32. The highest BCUT2D eigenvalue weighted by Gasteiger charge is 2.04. The molecule has 7 heteroatoms. The Bertz CT molecular complexity index is 771. The van der Waals surface area contributed by atoms with Crippen molar-refractivity contribution in [2.24, 2.45) is 10.2 Å². The Morgan fingerprint density at radius 3 is 2.84 bits per heavy atom. The lowest BCUT2D eigenvalue weighted by atomic mass is 10.3. The van der Waals surface area contributed by atoms with Crippen molar-refractivity contribution in [2.45, 2.75) is 0 Å².